The summed E-state index contributed by atoms with van der Waals surface area (Å²) in [4.78, 5) is 26.1. The lowest BCUT2D eigenvalue weighted by Gasteiger charge is -2.23. The van der Waals surface area contributed by atoms with Crippen LogP contribution in [0.4, 0.5) is 0 Å². The molecule has 0 bridgehead atoms. The number of carbonyl (C=O) groups excluding carboxylic acids is 2. The van der Waals surface area contributed by atoms with Gasteiger partial charge in [0.1, 0.15) is 0 Å². The van der Waals surface area contributed by atoms with Gasteiger partial charge in [0.2, 0.25) is 15.9 Å². The van der Waals surface area contributed by atoms with Crippen LogP contribution >= 0.6 is 0 Å². The van der Waals surface area contributed by atoms with Crippen molar-refractivity contribution in [3.05, 3.63) is 35.9 Å². The highest BCUT2D eigenvalue weighted by Crippen LogP contribution is 2.41. The minimum absolute atomic E-state index is 0.0594. The van der Waals surface area contributed by atoms with Crippen molar-refractivity contribution in [1.82, 2.24) is 9.21 Å². The van der Waals surface area contributed by atoms with Gasteiger partial charge in [-0.1, -0.05) is 30.3 Å². The monoisotopic (exact) mass is 394 g/mol. The molecule has 2 aliphatic heterocycles. The highest BCUT2D eigenvalue weighted by molar-refractivity contribution is 7.89. The van der Waals surface area contributed by atoms with Crippen LogP contribution in [0.25, 0.3) is 0 Å². The molecule has 0 aliphatic carbocycles. The van der Waals surface area contributed by atoms with Crippen LogP contribution in [0.2, 0.25) is 0 Å². The number of sulfonamides is 1. The second-order valence-electron chi connectivity index (χ2n) is 7.28. The van der Waals surface area contributed by atoms with Crippen LogP contribution in [-0.2, 0) is 30.8 Å². The molecule has 1 aromatic rings. The standard InChI is InChI=1S/C19H26N2O5S/c1-26-17(22)8-14-27(24,25)21-13-10-19(15-21)9-12-20(18(19)23)11-7-16-5-3-2-4-6-16/h2-6H,7-15H2,1H3. The van der Waals surface area contributed by atoms with E-state index in [9.17, 15) is 18.0 Å². The van der Waals surface area contributed by atoms with Crippen molar-refractivity contribution in [3.8, 4) is 0 Å². The highest BCUT2D eigenvalue weighted by Gasteiger charge is 2.52. The van der Waals surface area contributed by atoms with Crippen LogP contribution in [0.15, 0.2) is 30.3 Å². The zero-order chi connectivity index (χ0) is 19.5. The predicted molar refractivity (Wildman–Crippen MR) is 100 cm³/mol. The molecular formula is C19H26N2O5S. The maximum atomic E-state index is 13.0. The van der Waals surface area contributed by atoms with Gasteiger partial charge < -0.3 is 9.64 Å². The summed E-state index contributed by atoms with van der Waals surface area (Å²) in [6, 6.07) is 10.0. The fourth-order valence-electron chi connectivity index (χ4n) is 3.91. The summed E-state index contributed by atoms with van der Waals surface area (Å²) in [6.07, 6.45) is 1.86. The Bertz CT molecular complexity index is 796. The van der Waals surface area contributed by atoms with Crippen molar-refractivity contribution in [3.63, 3.8) is 0 Å². The lowest BCUT2D eigenvalue weighted by atomic mass is 9.86. The number of rotatable bonds is 7. The number of carbonyl (C=O) groups is 2. The number of likely N-dealkylation sites (tertiary alicyclic amines) is 1. The molecule has 3 rings (SSSR count). The maximum Gasteiger partial charge on any atom is 0.306 e. The van der Waals surface area contributed by atoms with Crippen LogP contribution in [0.3, 0.4) is 0 Å². The Labute approximate surface area is 160 Å². The first-order valence-electron chi connectivity index (χ1n) is 9.24. The molecule has 1 aromatic carbocycles. The Morgan fingerprint density at radius 1 is 1.19 bits per heavy atom. The van der Waals surface area contributed by atoms with E-state index in [1.54, 1.807) is 0 Å². The number of ether oxygens (including phenoxy) is 1. The summed E-state index contributed by atoms with van der Waals surface area (Å²) < 4.78 is 30.9. The second-order valence-corrected chi connectivity index (χ2v) is 9.37. The Morgan fingerprint density at radius 2 is 1.89 bits per heavy atom. The minimum atomic E-state index is -3.56. The molecule has 7 nitrogen and oxygen atoms in total. The lowest BCUT2D eigenvalue weighted by molar-refractivity contribution is -0.140. The first kappa shape index (κ1) is 19.8. The Morgan fingerprint density at radius 3 is 2.59 bits per heavy atom. The fourth-order valence-corrected chi connectivity index (χ4v) is 5.40. The Kier molecular flexibility index (Phi) is 5.86. The molecule has 1 spiro atoms. The molecule has 2 aliphatic rings. The van der Waals surface area contributed by atoms with Gasteiger partial charge in [0.25, 0.3) is 0 Å². The van der Waals surface area contributed by atoms with Gasteiger partial charge >= 0.3 is 5.97 Å². The van der Waals surface area contributed by atoms with Crippen LogP contribution in [-0.4, -0.2) is 68.5 Å². The van der Waals surface area contributed by atoms with E-state index in [1.807, 2.05) is 35.2 Å². The van der Waals surface area contributed by atoms with Crippen molar-refractivity contribution in [1.29, 1.82) is 0 Å². The van der Waals surface area contributed by atoms with Crippen molar-refractivity contribution < 1.29 is 22.7 Å². The summed E-state index contributed by atoms with van der Waals surface area (Å²) in [5.74, 6) is -0.762. The van der Waals surface area contributed by atoms with Crippen molar-refractivity contribution >= 4 is 21.9 Å². The van der Waals surface area contributed by atoms with E-state index in [4.69, 9.17) is 0 Å². The van der Waals surface area contributed by atoms with E-state index < -0.39 is 21.4 Å². The molecule has 0 N–H and O–H groups in total. The van der Waals surface area contributed by atoms with E-state index in [0.717, 1.165) is 6.42 Å². The molecule has 2 fully saturated rings. The third kappa shape index (κ3) is 4.32. The van der Waals surface area contributed by atoms with Crippen LogP contribution < -0.4 is 0 Å². The fraction of sp³-hybridized carbons (Fsp3) is 0.579. The van der Waals surface area contributed by atoms with E-state index >= 15 is 0 Å². The molecule has 2 heterocycles. The predicted octanol–water partition coefficient (Wildman–Crippen LogP) is 1.05. The molecule has 1 unspecified atom stereocenters. The number of amides is 1. The van der Waals surface area contributed by atoms with Gasteiger partial charge in [-0.3, -0.25) is 9.59 Å². The lowest BCUT2D eigenvalue weighted by Crippen LogP contribution is -2.39. The molecule has 27 heavy (non-hydrogen) atoms. The number of esters is 1. The van der Waals surface area contributed by atoms with E-state index in [2.05, 4.69) is 4.74 Å². The number of benzene rings is 1. The number of methoxy groups -OCH3 is 1. The van der Waals surface area contributed by atoms with Gasteiger partial charge in [-0.15, -0.1) is 0 Å². The number of hydrogen-bond acceptors (Lipinski definition) is 5. The topological polar surface area (TPSA) is 84.0 Å². The third-order valence-corrected chi connectivity index (χ3v) is 7.44. The van der Waals surface area contributed by atoms with Crippen LogP contribution in [0.5, 0.6) is 0 Å². The minimum Gasteiger partial charge on any atom is -0.469 e. The molecule has 148 valence electrons. The molecule has 0 saturated carbocycles. The average molecular weight is 394 g/mol. The number of hydrogen-bond donors (Lipinski definition) is 0. The van der Waals surface area contributed by atoms with E-state index in [1.165, 1.54) is 17.0 Å². The largest absolute Gasteiger partial charge is 0.469 e. The van der Waals surface area contributed by atoms with Gasteiger partial charge in [0.05, 0.1) is 24.7 Å². The van der Waals surface area contributed by atoms with Gasteiger partial charge in [-0.05, 0) is 24.8 Å². The normalized spacial score (nSPS) is 23.3. The highest BCUT2D eigenvalue weighted by atomic mass is 32.2. The first-order chi connectivity index (χ1) is 12.9. The molecule has 1 atom stereocenters. The van der Waals surface area contributed by atoms with E-state index in [-0.39, 0.29) is 24.6 Å². The van der Waals surface area contributed by atoms with Crippen molar-refractivity contribution in [2.24, 2.45) is 5.41 Å². The van der Waals surface area contributed by atoms with Crippen LogP contribution in [0.1, 0.15) is 24.8 Å². The molecular weight excluding hydrogens is 368 g/mol. The second kappa shape index (κ2) is 7.98. The van der Waals surface area contributed by atoms with Crippen molar-refractivity contribution in [2.45, 2.75) is 25.7 Å². The summed E-state index contributed by atoms with van der Waals surface area (Å²) in [5, 5.41) is 0. The maximum absolute atomic E-state index is 13.0. The summed E-state index contributed by atoms with van der Waals surface area (Å²) >= 11 is 0. The summed E-state index contributed by atoms with van der Waals surface area (Å²) in [6.45, 7) is 1.88. The summed E-state index contributed by atoms with van der Waals surface area (Å²) in [5.41, 5.74) is 0.583. The SMILES string of the molecule is COC(=O)CCS(=O)(=O)N1CCC2(CCN(CCc3ccccc3)C2=O)C1. The third-order valence-electron chi connectivity index (χ3n) is 5.62. The zero-order valence-electron chi connectivity index (χ0n) is 15.6. The van der Waals surface area contributed by atoms with Crippen molar-refractivity contribution in [2.75, 3.05) is 39.0 Å². The molecule has 0 aromatic heterocycles. The number of nitrogens with zero attached hydrogens (tertiary/aromatic N) is 2. The quantitative estimate of drug-likeness (QED) is 0.646. The smallest absolute Gasteiger partial charge is 0.306 e. The van der Waals surface area contributed by atoms with Gasteiger partial charge in [-0.2, -0.15) is 0 Å². The Balaban J connectivity index is 1.58. The molecule has 8 heteroatoms. The van der Waals surface area contributed by atoms with Crippen LogP contribution in [0, 0.1) is 5.41 Å². The van der Waals surface area contributed by atoms with Gasteiger partial charge in [0, 0.05) is 26.2 Å². The molecule has 1 amide bonds. The first-order valence-corrected chi connectivity index (χ1v) is 10.9. The zero-order valence-corrected chi connectivity index (χ0v) is 16.4. The molecule has 0 radical (unpaired) electrons. The molecule has 2 saturated heterocycles. The van der Waals surface area contributed by atoms with Gasteiger partial charge in [-0.25, -0.2) is 12.7 Å². The average Bonchev–Trinajstić information content (AvgIpc) is 3.25. The summed E-state index contributed by atoms with van der Waals surface area (Å²) in [7, 11) is -2.33. The van der Waals surface area contributed by atoms with Gasteiger partial charge in [0.15, 0.2) is 0 Å². The van der Waals surface area contributed by atoms with E-state index in [0.29, 0.717) is 32.5 Å². The Hall–Kier alpha value is -1.93.